The highest BCUT2D eigenvalue weighted by Crippen LogP contribution is 2.21. The van der Waals surface area contributed by atoms with Crippen LogP contribution in [0.3, 0.4) is 0 Å². The quantitative estimate of drug-likeness (QED) is 0.786. The third-order valence-corrected chi connectivity index (χ3v) is 2.75. The van der Waals surface area contributed by atoms with E-state index in [0.717, 1.165) is 0 Å². The zero-order valence-corrected chi connectivity index (χ0v) is 10.3. The van der Waals surface area contributed by atoms with Crippen molar-refractivity contribution < 1.29 is 22.5 Å². The molecule has 1 atom stereocenters. The van der Waals surface area contributed by atoms with Gasteiger partial charge in [-0.3, -0.25) is 4.79 Å². The second kappa shape index (κ2) is 5.77. The molecule has 0 radical (unpaired) electrons. The molecule has 0 aromatic rings. The SMILES string of the molecule is CC(C)(C)C(=O)N[S+]([O-])CCCC(F)(F)F. The van der Waals surface area contributed by atoms with E-state index in [-0.39, 0.29) is 12.2 Å². The Morgan fingerprint density at radius 3 is 2.19 bits per heavy atom. The van der Waals surface area contributed by atoms with E-state index in [1.54, 1.807) is 20.8 Å². The van der Waals surface area contributed by atoms with Crippen LogP contribution in [0.1, 0.15) is 33.6 Å². The number of hydrogen-bond acceptors (Lipinski definition) is 2. The van der Waals surface area contributed by atoms with Crippen molar-refractivity contribution in [2.45, 2.75) is 39.8 Å². The summed E-state index contributed by atoms with van der Waals surface area (Å²) in [4.78, 5) is 11.3. The average Bonchev–Trinajstić information content (AvgIpc) is 1.99. The highest BCUT2D eigenvalue weighted by atomic mass is 32.2. The third kappa shape index (κ3) is 7.81. The summed E-state index contributed by atoms with van der Waals surface area (Å²) in [7, 11) is 0. The topological polar surface area (TPSA) is 52.2 Å². The zero-order chi connectivity index (χ0) is 13.0. The van der Waals surface area contributed by atoms with Crippen LogP contribution in [-0.2, 0) is 16.2 Å². The highest BCUT2D eigenvalue weighted by Gasteiger charge is 2.29. The van der Waals surface area contributed by atoms with Crippen molar-refractivity contribution in [2.75, 3.05) is 5.75 Å². The van der Waals surface area contributed by atoms with Gasteiger partial charge in [-0.1, -0.05) is 20.8 Å². The molecule has 3 nitrogen and oxygen atoms in total. The van der Waals surface area contributed by atoms with E-state index in [4.69, 9.17) is 0 Å². The molecule has 0 spiro atoms. The minimum Gasteiger partial charge on any atom is -0.593 e. The van der Waals surface area contributed by atoms with Crippen LogP contribution < -0.4 is 4.72 Å². The second-order valence-electron chi connectivity index (χ2n) is 4.45. The Morgan fingerprint density at radius 1 is 1.31 bits per heavy atom. The van der Waals surface area contributed by atoms with E-state index in [9.17, 15) is 22.5 Å². The Hall–Kier alpha value is -0.430. The van der Waals surface area contributed by atoms with Gasteiger partial charge in [0.2, 0.25) is 0 Å². The maximum absolute atomic E-state index is 11.8. The number of hydrogen-bond donors (Lipinski definition) is 1. The first kappa shape index (κ1) is 15.6. The van der Waals surface area contributed by atoms with E-state index in [0.29, 0.717) is 0 Å². The fourth-order valence-electron chi connectivity index (χ4n) is 0.711. The average molecular weight is 259 g/mol. The molecule has 1 amide bonds. The molecule has 0 aromatic carbocycles. The molecule has 0 aliphatic carbocycles. The standard InChI is InChI=1S/C9H16F3NO2S/c1-8(2,3)7(14)13-16(15)6-4-5-9(10,11)12/h4-6H2,1-3H3,(H,13,14). The molecule has 0 bridgehead atoms. The molecule has 0 fully saturated rings. The predicted molar refractivity (Wildman–Crippen MR) is 55.9 cm³/mol. The maximum atomic E-state index is 11.8. The molecule has 16 heavy (non-hydrogen) atoms. The van der Waals surface area contributed by atoms with Crippen LogP contribution in [0.5, 0.6) is 0 Å². The molecule has 0 heterocycles. The van der Waals surface area contributed by atoms with Crippen molar-refractivity contribution in [2.24, 2.45) is 5.41 Å². The Kier molecular flexibility index (Phi) is 5.61. The second-order valence-corrected chi connectivity index (χ2v) is 5.75. The molecular formula is C9H16F3NO2S. The summed E-state index contributed by atoms with van der Waals surface area (Å²) < 4.78 is 48.7. The Bertz CT molecular complexity index is 238. The van der Waals surface area contributed by atoms with Crippen molar-refractivity contribution in [3.05, 3.63) is 0 Å². The van der Waals surface area contributed by atoms with Crippen LogP contribution >= 0.6 is 0 Å². The number of carbonyl (C=O) groups excluding carboxylic acids is 1. The summed E-state index contributed by atoms with van der Waals surface area (Å²) in [6.07, 6.45) is -5.47. The molecule has 96 valence electrons. The van der Waals surface area contributed by atoms with Crippen molar-refractivity contribution in [1.29, 1.82) is 0 Å². The summed E-state index contributed by atoms with van der Waals surface area (Å²) in [6, 6.07) is 0. The first-order chi connectivity index (χ1) is 7.02. The lowest BCUT2D eigenvalue weighted by atomic mass is 9.96. The number of amides is 1. The Morgan fingerprint density at radius 2 is 1.81 bits per heavy atom. The lowest BCUT2D eigenvalue weighted by Gasteiger charge is -2.18. The Labute approximate surface area is 96.1 Å². The minimum absolute atomic E-state index is 0.179. The maximum Gasteiger partial charge on any atom is 0.389 e. The molecule has 0 rings (SSSR count). The van der Waals surface area contributed by atoms with Gasteiger partial charge >= 0.3 is 6.18 Å². The van der Waals surface area contributed by atoms with Gasteiger partial charge in [0.05, 0.1) is 11.4 Å². The van der Waals surface area contributed by atoms with Crippen LogP contribution in [-0.4, -0.2) is 22.4 Å². The largest absolute Gasteiger partial charge is 0.593 e. The smallest absolute Gasteiger partial charge is 0.389 e. The molecule has 0 saturated carbocycles. The fraction of sp³-hybridized carbons (Fsp3) is 0.889. The molecule has 0 saturated heterocycles. The lowest BCUT2D eigenvalue weighted by molar-refractivity contribution is -0.134. The molecule has 1 N–H and O–H groups in total. The van der Waals surface area contributed by atoms with Crippen LogP contribution in [0, 0.1) is 5.41 Å². The zero-order valence-electron chi connectivity index (χ0n) is 9.48. The first-order valence-corrected chi connectivity index (χ1v) is 6.10. The summed E-state index contributed by atoms with van der Waals surface area (Å²) in [5.41, 5.74) is -0.695. The fourth-order valence-corrected chi connectivity index (χ4v) is 1.73. The van der Waals surface area contributed by atoms with Gasteiger partial charge in [0, 0.05) is 18.3 Å². The van der Waals surface area contributed by atoms with E-state index in [2.05, 4.69) is 4.72 Å². The van der Waals surface area contributed by atoms with Crippen LogP contribution in [0.15, 0.2) is 0 Å². The van der Waals surface area contributed by atoms with E-state index < -0.39 is 35.3 Å². The normalized spacial score (nSPS) is 14.7. The summed E-state index contributed by atoms with van der Waals surface area (Å²) in [5, 5.41) is 0. The Balaban J connectivity index is 3.84. The van der Waals surface area contributed by atoms with Gasteiger partial charge in [-0.05, 0) is 0 Å². The summed E-state index contributed by atoms with van der Waals surface area (Å²) in [5.74, 6) is -0.612. The van der Waals surface area contributed by atoms with Gasteiger partial charge in [-0.2, -0.15) is 17.9 Å². The van der Waals surface area contributed by atoms with Crippen molar-refractivity contribution in [3.63, 3.8) is 0 Å². The number of alkyl halides is 3. The number of nitrogens with one attached hydrogen (secondary N) is 1. The van der Waals surface area contributed by atoms with Crippen molar-refractivity contribution in [3.8, 4) is 0 Å². The third-order valence-electron chi connectivity index (χ3n) is 1.68. The number of halogens is 3. The van der Waals surface area contributed by atoms with Gasteiger partial charge < -0.3 is 4.55 Å². The monoisotopic (exact) mass is 259 g/mol. The van der Waals surface area contributed by atoms with Crippen molar-refractivity contribution >= 4 is 17.3 Å². The molecular weight excluding hydrogens is 243 g/mol. The molecule has 0 aromatic heterocycles. The van der Waals surface area contributed by atoms with Crippen LogP contribution in [0.2, 0.25) is 0 Å². The van der Waals surface area contributed by atoms with Gasteiger partial charge in [0.15, 0.2) is 0 Å². The van der Waals surface area contributed by atoms with Crippen LogP contribution in [0.4, 0.5) is 13.2 Å². The van der Waals surface area contributed by atoms with Gasteiger partial charge in [-0.25, -0.2) is 0 Å². The highest BCUT2D eigenvalue weighted by molar-refractivity contribution is 7.90. The summed E-state index contributed by atoms with van der Waals surface area (Å²) in [6.45, 7) is 4.90. The lowest BCUT2D eigenvalue weighted by Crippen LogP contribution is -2.40. The van der Waals surface area contributed by atoms with E-state index in [1.807, 2.05) is 0 Å². The first-order valence-electron chi connectivity index (χ1n) is 4.78. The van der Waals surface area contributed by atoms with Crippen molar-refractivity contribution in [1.82, 2.24) is 4.72 Å². The minimum atomic E-state index is -4.24. The number of rotatable bonds is 4. The molecule has 7 heteroatoms. The van der Waals surface area contributed by atoms with Gasteiger partial charge in [0.25, 0.3) is 5.91 Å². The van der Waals surface area contributed by atoms with E-state index in [1.165, 1.54) is 0 Å². The van der Waals surface area contributed by atoms with E-state index >= 15 is 0 Å². The predicted octanol–water partition coefficient (Wildman–Crippen LogP) is 2.15. The van der Waals surface area contributed by atoms with Gasteiger partial charge in [-0.15, -0.1) is 0 Å². The summed E-state index contributed by atoms with van der Waals surface area (Å²) >= 11 is -1.73. The van der Waals surface area contributed by atoms with Crippen LogP contribution in [0.25, 0.3) is 0 Å². The molecule has 1 unspecified atom stereocenters. The number of carbonyl (C=O) groups is 1. The van der Waals surface area contributed by atoms with Gasteiger partial charge in [0.1, 0.15) is 5.75 Å². The molecule has 0 aliphatic heterocycles. The molecule has 0 aliphatic rings.